The van der Waals surface area contributed by atoms with Gasteiger partial charge in [-0.15, -0.1) is 0 Å². The first-order valence-electron chi connectivity index (χ1n) is 9.80. The van der Waals surface area contributed by atoms with Gasteiger partial charge in [0, 0.05) is 30.0 Å². The van der Waals surface area contributed by atoms with E-state index in [0.717, 1.165) is 23.0 Å². The van der Waals surface area contributed by atoms with Gasteiger partial charge in [0.25, 0.3) is 5.89 Å². The fourth-order valence-corrected chi connectivity index (χ4v) is 3.73. The molecule has 1 atom stereocenters. The first-order chi connectivity index (χ1) is 14.2. The van der Waals surface area contributed by atoms with Crippen LogP contribution in [0.2, 0.25) is 0 Å². The number of fused-ring (bicyclic) bond motifs is 1. The Balaban J connectivity index is 1.38. The second-order valence-corrected chi connectivity index (χ2v) is 7.27. The van der Waals surface area contributed by atoms with Gasteiger partial charge in [-0.2, -0.15) is 4.98 Å². The van der Waals surface area contributed by atoms with E-state index in [4.69, 9.17) is 4.52 Å². The summed E-state index contributed by atoms with van der Waals surface area (Å²) in [6.45, 7) is 2.67. The summed E-state index contributed by atoms with van der Waals surface area (Å²) in [6, 6.07) is 19.9. The van der Waals surface area contributed by atoms with Gasteiger partial charge in [0.2, 0.25) is 5.91 Å². The van der Waals surface area contributed by atoms with Gasteiger partial charge in [-0.1, -0.05) is 48.5 Å². The number of hydrogen-bond donors (Lipinski definition) is 0. The van der Waals surface area contributed by atoms with Crippen LogP contribution in [0.5, 0.6) is 0 Å². The van der Waals surface area contributed by atoms with E-state index in [1.807, 2.05) is 48.5 Å². The normalized spacial score (nSPS) is 16.7. The lowest BCUT2D eigenvalue weighted by atomic mass is 10.1. The summed E-state index contributed by atoms with van der Waals surface area (Å²) in [5.41, 5.74) is 3.68. The summed E-state index contributed by atoms with van der Waals surface area (Å²) < 4.78 is 5.47. The first-order valence-corrected chi connectivity index (χ1v) is 9.80. The number of nitrogens with zero attached hydrogens (tertiary/aromatic N) is 4. The Hall–Kier alpha value is -3.54. The van der Waals surface area contributed by atoms with Gasteiger partial charge in [-0.25, -0.2) is 4.98 Å². The molecule has 1 fully saturated rings. The molecule has 6 nitrogen and oxygen atoms in total. The maximum Gasteiger partial charge on any atom is 0.276 e. The molecule has 144 valence electrons. The zero-order chi connectivity index (χ0) is 19.8. The second-order valence-electron chi connectivity index (χ2n) is 7.27. The van der Waals surface area contributed by atoms with Crippen molar-refractivity contribution < 1.29 is 9.32 Å². The molecular formula is C23H20N4O2. The molecule has 0 bridgehead atoms. The quantitative estimate of drug-likeness (QED) is 0.522. The molecule has 1 aliphatic heterocycles. The average molecular weight is 384 g/mol. The summed E-state index contributed by atoms with van der Waals surface area (Å²) >= 11 is 0. The number of hydrogen-bond acceptors (Lipinski definition) is 5. The van der Waals surface area contributed by atoms with Gasteiger partial charge in [0.1, 0.15) is 5.69 Å². The van der Waals surface area contributed by atoms with E-state index < -0.39 is 0 Å². The molecule has 1 aliphatic rings. The highest BCUT2D eigenvalue weighted by molar-refractivity contribution is 5.96. The number of aromatic nitrogens is 3. The van der Waals surface area contributed by atoms with Gasteiger partial charge in [-0.05, 0) is 36.2 Å². The summed E-state index contributed by atoms with van der Waals surface area (Å²) in [4.78, 5) is 23.5. The molecule has 1 amide bonds. The first kappa shape index (κ1) is 17.6. The van der Waals surface area contributed by atoms with Crippen molar-refractivity contribution in [2.45, 2.75) is 25.7 Å². The Labute approximate surface area is 168 Å². The van der Waals surface area contributed by atoms with Gasteiger partial charge < -0.3 is 9.42 Å². The second kappa shape index (κ2) is 7.13. The summed E-state index contributed by atoms with van der Waals surface area (Å²) in [7, 11) is 0. The van der Waals surface area contributed by atoms with Crippen LogP contribution in [0.4, 0.5) is 5.69 Å². The van der Waals surface area contributed by atoms with E-state index in [9.17, 15) is 4.79 Å². The van der Waals surface area contributed by atoms with Crippen LogP contribution in [-0.2, 0) is 11.2 Å². The predicted molar refractivity (Wildman–Crippen MR) is 111 cm³/mol. The molecule has 3 heterocycles. The number of amides is 1. The highest BCUT2D eigenvalue weighted by atomic mass is 16.5. The zero-order valence-electron chi connectivity index (χ0n) is 16.1. The van der Waals surface area contributed by atoms with Crippen molar-refractivity contribution in [3.63, 3.8) is 0 Å². The third-order valence-corrected chi connectivity index (χ3v) is 5.41. The number of pyridine rings is 1. The van der Waals surface area contributed by atoms with Crippen LogP contribution < -0.4 is 4.90 Å². The lowest BCUT2D eigenvalue weighted by Gasteiger charge is -2.16. The Morgan fingerprint density at radius 2 is 1.86 bits per heavy atom. The van der Waals surface area contributed by atoms with E-state index in [1.54, 1.807) is 4.90 Å². The van der Waals surface area contributed by atoms with Crippen molar-refractivity contribution in [3.8, 4) is 11.6 Å². The van der Waals surface area contributed by atoms with Gasteiger partial charge >= 0.3 is 0 Å². The Kier molecular flexibility index (Phi) is 4.31. The highest BCUT2D eigenvalue weighted by Crippen LogP contribution is 2.31. The number of aryl methyl sites for hydroxylation is 1. The van der Waals surface area contributed by atoms with E-state index >= 15 is 0 Å². The highest BCUT2D eigenvalue weighted by Gasteiger charge is 2.34. The number of carbonyl (C=O) groups excluding carboxylic acids is 1. The van der Waals surface area contributed by atoms with E-state index in [2.05, 4.69) is 34.2 Å². The molecule has 6 heteroatoms. The minimum atomic E-state index is -0.0914. The van der Waals surface area contributed by atoms with Crippen LogP contribution in [0.25, 0.3) is 22.5 Å². The van der Waals surface area contributed by atoms with Crippen LogP contribution in [0.1, 0.15) is 30.7 Å². The molecule has 0 unspecified atom stereocenters. The van der Waals surface area contributed by atoms with Crippen LogP contribution in [0, 0.1) is 0 Å². The Morgan fingerprint density at radius 3 is 2.69 bits per heavy atom. The Morgan fingerprint density at radius 1 is 1.03 bits per heavy atom. The maximum atomic E-state index is 12.6. The minimum Gasteiger partial charge on any atom is -0.332 e. The van der Waals surface area contributed by atoms with Crippen molar-refractivity contribution in [3.05, 3.63) is 72.1 Å². The van der Waals surface area contributed by atoms with Crippen LogP contribution >= 0.6 is 0 Å². The fraction of sp³-hybridized carbons (Fsp3) is 0.217. The summed E-state index contributed by atoms with van der Waals surface area (Å²) in [5, 5.41) is 5.20. The number of anilines is 1. The standard InChI is InChI=1S/C23H20N4O2/c1-2-15-7-10-18(11-8-15)27-14-17(13-21(27)28)22-25-23(29-26-22)20-12-9-16-5-3-4-6-19(16)24-20/h3-12,17H,2,13-14H2,1H3/t17-/m1/s1. The van der Waals surface area contributed by atoms with Crippen molar-refractivity contribution in [2.75, 3.05) is 11.4 Å². The molecule has 0 saturated carbocycles. The predicted octanol–water partition coefficient (Wildman–Crippen LogP) is 4.37. The largest absolute Gasteiger partial charge is 0.332 e. The number of para-hydroxylation sites is 1. The number of rotatable bonds is 4. The molecule has 0 spiro atoms. The summed E-state index contributed by atoms with van der Waals surface area (Å²) in [5.74, 6) is 0.917. The van der Waals surface area contributed by atoms with Gasteiger partial charge in [0.05, 0.1) is 5.52 Å². The maximum absolute atomic E-state index is 12.6. The molecule has 0 radical (unpaired) electrons. The monoisotopic (exact) mass is 384 g/mol. The van der Waals surface area contributed by atoms with Crippen molar-refractivity contribution >= 4 is 22.5 Å². The topological polar surface area (TPSA) is 72.1 Å². The lowest BCUT2D eigenvalue weighted by molar-refractivity contribution is -0.117. The third kappa shape index (κ3) is 3.27. The van der Waals surface area contributed by atoms with Crippen molar-refractivity contribution in [2.24, 2.45) is 0 Å². The molecule has 2 aromatic heterocycles. The van der Waals surface area contributed by atoms with E-state index in [-0.39, 0.29) is 11.8 Å². The van der Waals surface area contributed by atoms with Gasteiger partial charge in [-0.3, -0.25) is 4.79 Å². The van der Waals surface area contributed by atoms with Crippen LogP contribution in [-0.4, -0.2) is 27.6 Å². The SMILES string of the molecule is CCc1ccc(N2C[C@H](c3noc(-c4ccc5ccccc5n4)n3)CC2=O)cc1. The molecule has 5 rings (SSSR count). The fourth-order valence-electron chi connectivity index (χ4n) is 3.73. The molecule has 2 aromatic carbocycles. The lowest BCUT2D eigenvalue weighted by Crippen LogP contribution is -2.24. The molecule has 29 heavy (non-hydrogen) atoms. The van der Waals surface area contributed by atoms with E-state index in [1.165, 1.54) is 5.56 Å². The third-order valence-electron chi connectivity index (χ3n) is 5.41. The molecule has 1 saturated heterocycles. The van der Waals surface area contributed by atoms with Gasteiger partial charge in [0.15, 0.2) is 5.82 Å². The van der Waals surface area contributed by atoms with Crippen molar-refractivity contribution in [1.82, 2.24) is 15.1 Å². The summed E-state index contributed by atoms with van der Waals surface area (Å²) in [6.07, 6.45) is 1.35. The molecule has 0 N–H and O–H groups in total. The average Bonchev–Trinajstić information content (AvgIpc) is 3.40. The van der Waals surface area contributed by atoms with Crippen LogP contribution in [0.3, 0.4) is 0 Å². The zero-order valence-corrected chi connectivity index (χ0v) is 16.1. The molecule has 0 aliphatic carbocycles. The van der Waals surface area contributed by atoms with Crippen molar-refractivity contribution in [1.29, 1.82) is 0 Å². The van der Waals surface area contributed by atoms with E-state index in [0.29, 0.717) is 30.4 Å². The molecule has 4 aromatic rings. The Bertz CT molecular complexity index is 1180. The smallest absolute Gasteiger partial charge is 0.276 e. The van der Waals surface area contributed by atoms with Crippen LogP contribution in [0.15, 0.2) is 65.2 Å². The number of benzene rings is 2. The number of carbonyl (C=O) groups is 1. The molecular weight excluding hydrogens is 364 g/mol. The minimum absolute atomic E-state index is 0.0782.